The van der Waals surface area contributed by atoms with Crippen LogP contribution in [0.15, 0.2) is 23.7 Å². The Labute approximate surface area is 96.9 Å². The van der Waals surface area contributed by atoms with Crippen molar-refractivity contribution >= 4 is 0 Å². The van der Waals surface area contributed by atoms with Gasteiger partial charge in [0.1, 0.15) is 17.3 Å². The largest absolute Gasteiger partial charge is 0.459 e. The molecule has 0 aliphatic carbocycles. The van der Waals surface area contributed by atoms with Gasteiger partial charge in [0.25, 0.3) is 0 Å². The van der Waals surface area contributed by atoms with Crippen molar-refractivity contribution in [2.75, 3.05) is 0 Å². The molecular formula is C14H19FO. The monoisotopic (exact) mass is 222 g/mol. The fourth-order valence-electron chi connectivity index (χ4n) is 1.63. The molecule has 0 fully saturated rings. The fourth-order valence-corrected chi connectivity index (χ4v) is 1.63. The maximum absolute atomic E-state index is 12.9. The highest BCUT2D eigenvalue weighted by Crippen LogP contribution is 2.27. The number of allylic oxidation sites excluding steroid dienone is 2. The summed E-state index contributed by atoms with van der Waals surface area (Å²) in [5.74, 6) is 0.820. The Morgan fingerprint density at radius 2 is 1.69 bits per heavy atom. The predicted octanol–water partition coefficient (Wildman–Crippen LogP) is 4.47. The molecule has 1 rings (SSSR count). The molecule has 0 spiro atoms. The van der Waals surface area contributed by atoms with Crippen molar-refractivity contribution in [2.24, 2.45) is 0 Å². The molecule has 16 heavy (non-hydrogen) atoms. The molecular weight excluding hydrogens is 203 g/mol. The van der Waals surface area contributed by atoms with Crippen LogP contribution in [0.4, 0.5) is 4.39 Å². The lowest BCUT2D eigenvalue weighted by Gasteiger charge is -2.13. The number of hydrogen-bond donors (Lipinski definition) is 0. The topological polar surface area (TPSA) is 9.23 Å². The van der Waals surface area contributed by atoms with Crippen LogP contribution in [0.2, 0.25) is 0 Å². The zero-order valence-electron chi connectivity index (χ0n) is 10.6. The average molecular weight is 222 g/mol. The van der Waals surface area contributed by atoms with E-state index in [0.717, 1.165) is 23.3 Å². The number of aryl methyl sites for hydroxylation is 3. The van der Waals surface area contributed by atoms with E-state index in [2.05, 4.69) is 19.1 Å². The first kappa shape index (κ1) is 12.8. The van der Waals surface area contributed by atoms with Gasteiger partial charge in [-0.15, -0.1) is 0 Å². The molecule has 0 N–H and O–H groups in total. The van der Waals surface area contributed by atoms with Crippen LogP contribution < -0.4 is 4.74 Å². The Hall–Kier alpha value is -1.31. The van der Waals surface area contributed by atoms with E-state index in [1.54, 1.807) is 6.92 Å². The van der Waals surface area contributed by atoms with Crippen LogP contribution in [0.1, 0.15) is 37.5 Å². The van der Waals surface area contributed by atoms with E-state index in [-0.39, 0.29) is 5.83 Å². The third-order valence-corrected chi connectivity index (χ3v) is 2.67. The second-order valence-corrected chi connectivity index (χ2v) is 4.10. The predicted molar refractivity (Wildman–Crippen MR) is 65.4 cm³/mol. The van der Waals surface area contributed by atoms with Gasteiger partial charge in [-0.05, 0) is 50.8 Å². The molecule has 0 aliphatic heterocycles. The first-order valence-corrected chi connectivity index (χ1v) is 5.56. The second kappa shape index (κ2) is 5.15. The number of benzene rings is 1. The summed E-state index contributed by atoms with van der Waals surface area (Å²) in [5, 5.41) is 0. The Morgan fingerprint density at radius 1 is 1.19 bits per heavy atom. The zero-order valence-corrected chi connectivity index (χ0v) is 10.6. The van der Waals surface area contributed by atoms with Gasteiger partial charge in [-0.1, -0.05) is 19.1 Å². The van der Waals surface area contributed by atoms with Gasteiger partial charge in [-0.25, -0.2) is 4.39 Å². The molecule has 0 saturated heterocycles. The summed E-state index contributed by atoms with van der Waals surface area (Å²) in [5.41, 5.74) is 3.39. The van der Waals surface area contributed by atoms with Gasteiger partial charge in [-0.2, -0.15) is 0 Å². The second-order valence-electron chi connectivity index (χ2n) is 4.10. The molecule has 1 nitrogen and oxygen atoms in total. The molecule has 0 radical (unpaired) electrons. The van der Waals surface area contributed by atoms with E-state index in [4.69, 9.17) is 4.74 Å². The summed E-state index contributed by atoms with van der Waals surface area (Å²) in [7, 11) is 0. The molecule has 0 bridgehead atoms. The Balaban J connectivity index is 3.11. The molecule has 88 valence electrons. The SMILES string of the molecule is CCc1cc(C)c(O/C(C)=C(/C)F)c(C)c1. The van der Waals surface area contributed by atoms with Gasteiger partial charge in [0.2, 0.25) is 0 Å². The van der Waals surface area contributed by atoms with E-state index in [9.17, 15) is 4.39 Å². The lowest BCUT2D eigenvalue weighted by molar-refractivity contribution is 0.392. The average Bonchev–Trinajstić information content (AvgIpc) is 2.22. The highest BCUT2D eigenvalue weighted by molar-refractivity contribution is 5.44. The van der Waals surface area contributed by atoms with Crippen LogP contribution in [0.25, 0.3) is 0 Å². The smallest absolute Gasteiger partial charge is 0.135 e. The molecule has 0 aromatic heterocycles. The van der Waals surface area contributed by atoms with E-state index >= 15 is 0 Å². The minimum Gasteiger partial charge on any atom is -0.459 e. The summed E-state index contributed by atoms with van der Waals surface area (Å²) in [6.45, 7) is 9.14. The van der Waals surface area contributed by atoms with Crippen molar-refractivity contribution in [3.8, 4) is 5.75 Å². The molecule has 0 aliphatic rings. The van der Waals surface area contributed by atoms with Crippen LogP contribution in [-0.4, -0.2) is 0 Å². The first-order chi connectivity index (χ1) is 7.45. The van der Waals surface area contributed by atoms with Crippen LogP contribution >= 0.6 is 0 Å². The molecule has 0 heterocycles. The van der Waals surface area contributed by atoms with Gasteiger partial charge < -0.3 is 4.74 Å². The maximum Gasteiger partial charge on any atom is 0.135 e. The fraction of sp³-hybridized carbons (Fsp3) is 0.429. The highest BCUT2D eigenvalue weighted by Gasteiger charge is 2.08. The number of ether oxygens (including phenoxy) is 1. The Bertz CT molecular complexity index is 392. The first-order valence-electron chi connectivity index (χ1n) is 5.56. The van der Waals surface area contributed by atoms with Gasteiger partial charge in [0.05, 0.1) is 0 Å². The van der Waals surface area contributed by atoms with Crippen molar-refractivity contribution in [3.05, 3.63) is 40.4 Å². The highest BCUT2D eigenvalue weighted by atomic mass is 19.1. The Morgan fingerprint density at radius 3 is 2.06 bits per heavy atom. The summed E-state index contributed by atoms with van der Waals surface area (Å²) in [4.78, 5) is 0. The molecule has 2 heteroatoms. The minimum atomic E-state index is -0.279. The minimum absolute atomic E-state index is 0.279. The zero-order chi connectivity index (χ0) is 12.3. The number of hydrogen-bond acceptors (Lipinski definition) is 1. The lowest BCUT2D eigenvalue weighted by atomic mass is 10.0. The molecule has 0 amide bonds. The van der Waals surface area contributed by atoms with Crippen LogP contribution in [0, 0.1) is 13.8 Å². The molecule has 0 unspecified atom stereocenters. The Kier molecular flexibility index (Phi) is 4.11. The number of rotatable bonds is 3. The van der Waals surface area contributed by atoms with Crippen molar-refractivity contribution in [2.45, 2.75) is 41.0 Å². The van der Waals surface area contributed by atoms with Crippen LogP contribution in [-0.2, 0) is 6.42 Å². The third-order valence-electron chi connectivity index (χ3n) is 2.67. The van der Waals surface area contributed by atoms with Crippen LogP contribution in [0.3, 0.4) is 0 Å². The molecule has 1 aromatic rings. The maximum atomic E-state index is 12.9. The van der Waals surface area contributed by atoms with Crippen molar-refractivity contribution in [3.63, 3.8) is 0 Å². The van der Waals surface area contributed by atoms with E-state index < -0.39 is 0 Å². The third kappa shape index (κ3) is 2.84. The van der Waals surface area contributed by atoms with Crippen molar-refractivity contribution in [1.29, 1.82) is 0 Å². The summed E-state index contributed by atoms with van der Waals surface area (Å²) < 4.78 is 18.5. The normalized spacial score (nSPS) is 12.4. The quantitative estimate of drug-likeness (QED) is 0.686. The molecule has 0 saturated carbocycles. The van der Waals surface area contributed by atoms with Gasteiger partial charge in [-0.3, -0.25) is 0 Å². The van der Waals surface area contributed by atoms with E-state index in [1.165, 1.54) is 12.5 Å². The summed E-state index contributed by atoms with van der Waals surface area (Å²) >= 11 is 0. The summed E-state index contributed by atoms with van der Waals surface area (Å²) in [6, 6.07) is 4.17. The van der Waals surface area contributed by atoms with E-state index in [0.29, 0.717) is 5.76 Å². The standard InChI is InChI=1S/C14H19FO/c1-6-13-7-9(2)14(10(3)8-13)16-12(5)11(4)15/h7-8H,6H2,1-5H3/b12-11-. The van der Waals surface area contributed by atoms with Gasteiger partial charge >= 0.3 is 0 Å². The van der Waals surface area contributed by atoms with Crippen molar-refractivity contribution in [1.82, 2.24) is 0 Å². The summed E-state index contributed by atoms with van der Waals surface area (Å²) in [6.07, 6.45) is 0.999. The molecule has 0 atom stereocenters. The van der Waals surface area contributed by atoms with Gasteiger partial charge in [0.15, 0.2) is 0 Å². The van der Waals surface area contributed by atoms with E-state index in [1.807, 2.05) is 13.8 Å². The molecule has 1 aromatic carbocycles. The number of halogens is 1. The van der Waals surface area contributed by atoms with Crippen LogP contribution in [0.5, 0.6) is 5.75 Å². The van der Waals surface area contributed by atoms with Crippen molar-refractivity contribution < 1.29 is 9.13 Å². The lowest BCUT2D eigenvalue weighted by Crippen LogP contribution is -1.98. The van der Waals surface area contributed by atoms with Gasteiger partial charge in [0, 0.05) is 0 Å².